The number of hydrogen-bond acceptors (Lipinski definition) is 3. The number of fused-ring (bicyclic) bond motifs is 1. The summed E-state index contributed by atoms with van der Waals surface area (Å²) < 4.78 is 5.50. The normalized spacial score (nSPS) is 16.2. The van der Waals surface area contributed by atoms with Crippen LogP contribution < -0.4 is 5.32 Å². The molecule has 3 aromatic rings. The van der Waals surface area contributed by atoms with Crippen LogP contribution in [0.15, 0.2) is 54.6 Å². The number of aryl methyl sites for hydroxylation is 1. The van der Waals surface area contributed by atoms with Crippen LogP contribution in [-0.4, -0.2) is 48.6 Å². The average molecular weight is 377 g/mol. The lowest BCUT2D eigenvalue weighted by Crippen LogP contribution is -2.44. The fourth-order valence-corrected chi connectivity index (χ4v) is 4.02. The number of aromatic amines is 1. The Balaban J connectivity index is 1.46. The van der Waals surface area contributed by atoms with Gasteiger partial charge in [0.15, 0.2) is 0 Å². The Labute approximate surface area is 165 Å². The van der Waals surface area contributed by atoms with Crippen molar-refractivity contribution in [3.05, 3.63) is 71.4 Å². The van der Waals surface area contributed by atoms with Crippen molar-refractivity contribution in [3.63, 3.8) is 0 Å². The van der Waals surface area contributed by atoms with Gasteiger partial charge in [-0.05, 0) is 24.1 Å². The van der Waals surface area contributed by atoms with E-state index in [0.29, 0.717) is 13.0 Å². The van der Waals surface area contributed by atoms with E-state index < -0.39 is 0 Å². The van der Waals surface area contributed by atoms with Gasteiger partial charge in [-0.15, -0.1) is 0 Å². The van der Waals surface area contributed by atoms with E-state index in [1.165, 1.54) is 5.56 Å². The number of benzene rings is 2. The summed E-state index contributed by atoms with van der Waals surface area (Å²) in [4.78, 5) is 18.5. The maximum Gasteiger partial charge on any atom is 0.224 e. The molecule has 0 radical (unpaired) electrons. The van der Waals surface area contributed by atoms with Crippen LogP contribution in [0.1, 0.15) is 22.9 Å². The van der Waals surface area contributed by atoms with Gasteiger partial charge in [-0.3, -0.25) is 9.69 Å². The van der Waals surface area contributed by atoms with Gasteiger partial charge in [0.25, 0.3) is 0 Å². The molecule has 146 valence electrons. The van der Waals surface area contributed by atoms with Gasteiger partial charge >= 0.3 is 0 Å². The number of ether oxygens (including phenoxy) is 1. The number of carbonyl (C=O) groups excluding carboxylic acids is 1. The van der Waals surface area contributed by atoms with Crippen LogP contribution in [0.5, 0.6) is 0 Å². The molecule has 2 aromatic carbocycles. The van der Waals surface area contributed by atoms with E-state index in [4.69, 9.17) is 4.74 Å². The predicted molar refractivity (Wildman–Crippen MR) is 111 cm³/mol. The van der Waals surface area contributed by atoms with Gasteiger partial charge in [-0.1, -0.05) is 48.5 Å². The second-order valence-electron chi connectivity index (χ2n) is 7.33. The minimum absolute atomic E-state index is 0.0574. The van der Waals surface area contributed by atoms with Gasteiger partial charge < -0.3 is 15.0 Å². The van der Waals surface area contributed by atoms with Crippen LogP contribution in [0.3, 0.4) is 0 Å². The summed E-state index contributed by atoms with van der Waals surface area (Å²) in [5, 5.41) is 4.30. The van der Waals surface area contributed by atoms with Crippen LogP contribution in [0.4, 0.5) is 0 Å². The molecular weight excluding hydrogens is 350 g/mol. The Morgan fingerprint density at radius 1 is 1.11 bits per heavy atom. The molecule has 0 spiro atoms. The monoisotopic (exact) mass is 377 g/mol. The van der Waals surface area contributed by atoms with E-state index in [9.17, 15) is 4.79 Å². The molecule has 28 heavy (non-hydrogen) atoms. The molecule has 1 aromatic heterocycles. The first kappa shape index (κ1) is 18.7. The summed E-state index contributed by atoms with van der Waals surface area (Å²) in [7, 11) is 0. The smallest absolute Gasteiger partial charge is 0.224 e. The van der Waals surface area contributed by atoms with Crippen LogP contribution in [0.2, 0.25) is 0 Å². The molecular formula is C23H27N3O2. The van der Waals surface area contributed by atoms with Crippen LogP contribution in [0, 0.1) is 6.92 Å². The van der Waals surface area contributed by atoms with Crippen LogP contribution >= 0.6 is 0 Å². The first-order valence-electron chi connectivity index (χ1n) is 9.92. The average Bonchev–Trinajstić information content (AvgIpc) is 3.05. The van der Waals surface area contributed by atoms with Crippen LogP contribution in [-0.2, 0) is 16.0 Å². The fourth-order valence-electron chi connectivity index (χ4n) is 4.02. The maximum absolute atomic E-state index is 12.8. The van der Waals surface area contributed by atoms with Crippen LogP contribution in [0.25, 0.3) is 10.9 Å². The number of amides is 1. The molecule has 0 aliphatic carbocycles. The van der Waals surface area contributed by atoms with Gasteiger partial charge in [0.1, 0.15) is 0 Å². The number of hydrogen-bond donors (Lipinski definition) is 2. The van der Waals surface area contributed by atoms with E-state index >= 15 is 0 Å². The van der Waals surface area contributed by atoms with Crippen molar-refractivity contribution in [2.24, 2.45) is 0 Å². The van der Waals surface area contributed by atoms with Gasteiger partial charge in [0, 0.05) is 36.2 Å². The summed E-state index contributed by atoms with van der Waals surface area (Å²) >= 11 is 0. The maximum atomic E-state index is 12.8. The van der Waals surface area contributed by atoms with E-state index in [-0.39, 0.29) is 11.9 Å². The van der Waals surface area contributed by atoms with Crippen molar-refractivity contribution >= 4 is 16.8 Å². The standard InChI is InChI=1S/C23H27N3O2/c1-17-20(19-9-5-6-10-21(19)25-17)15-23(27)24-16-22(18-7-3-2-4-8-18)26-11-13-28-14-12-26/h2-10,22,25H,11-16H2,1H3,(H,24,27). The number of rotatable bonds is 6. The molecule has 1 aliphatic heterocycles. The van der Waals surface area contributed by atoms with Gasteiger partial charge in [-0.2, -0.15) is 0 Å². The quantitative estimate of drug-likeness (QED) is 0.694. The van der Waals surface area contributed by atoms with Crippen molar-refractivity contribution < 1.29 is 9.53 Å². The van der Waals surface area contributed by atoms with E-state index in [2.05, 4.69) is 45.5 Å². The first-order chi connectivity index (χ1) is 13.7. The predicted octanol–water partition coefficient (Wildman–Crippen LogP) is 3.21. The SMILES string of the molecule is Cc1[nH]c2ccccc2c1CC(=O)NCC(c1ccccc1)N1CCOCC1. The number of morpholine rings is 1. The molecule has 0 saturated carbocycles. The third-order valence-electron chi connectivity index (χ3n) is 5.53. The number of aromatic nitrogens is 1. The van der Waals surface area contributed by atoms with Crippen molar-refractivity contribution in [1.29, 1.82) is 0 Å². The zero-order chi connectivity index (χ0) is 19.3. The molecule has 1 amide bonds. The lowest BCUT2D eigenvalue weighted by Gasteiger charge is -2.35. The molecule has 1 aliphatic rings. The zero-order valence-electron chi connectivity index (χ0n) is 16.3. The number of carbonyl (C=O) groups is 1. The molecule has 1 saturated heterocycles. The summed E-state index contributed by atoms with van der Waals surface area (Å²) in [5.74, 6) is 0.0574. The largest absolute Gasteiger partial charge is 0.379 e. The van der Waals surface area contributed by atoms with Gasteiger partial charge in [0.05, 0.1) is 25.7 Å². The Morgan fingerprint density at radius 2 is 1.82 bits per heavy atom. The molecule has 5 heteroatoms. The molecule has 1 atom stereocenters. The Morgan fingerprint density at radius 3 is 2.61 bits per heavy atom. The van der Waals surface area contributed by atoms with Crippen molar-refractivity contribution in [3.8, 4) is 0 Å². The number of nitrogens with zero attached hydrogens (tertiary/aromatic N) is 1. The Bertz CT molecular complexity index is 929. The summed E-state index contributed by atoms with van der Waals surface area (Å²) in [5.41, 5.74) is 4.45. The molecule has 1 fully saturated rings. The second-order valence-corrected chi connectivity index (χ2v) is 7.33. The molecule has 4 rings (SSSR count). The molecule has 2 N–H and O–H groups in total. The summed E-state index contributed by atoms with van der Waals surface area (Å²) in [6, 6.07) is 18.7. The number of H-pyrrole nitrogens is 1. The third kappa shape index (κ3) is 4.11. The highest BCUT2D eigenvalue weighted by molar-refractivity contribution is 5.90. The van der Waals surface area contributed by atoms with Crippen molar-refractivity contribution in [1.82, 2.24) is 15.2 Å². The summed E-state index contributed by atoms with van der Waals surface area (Å²) in [6.45, 7) is 5.89. The van der Waals surface area contributed by atoms with Crippen molar-refractivity contribution in [2.45, 2.75) is 19.4 Å². The highest BCUT2D eigenvalue weighted by Gasteiger charge is 2.23. The van der Waals surface area contributed by atoms with E-state index in [1.807, 2.05) is 31.2 Å². The topological polar surface area (TPSA) is 57.4 Å². The van der Waals surface area contributed by atoms with Gasteiger partial charge in [0.2, 0.25) is 5.91 Å². The minimum Gasteiger partial charge on any atom is -0.379 e. The second kappa shape index (κ2) is 8.59. The highest BCUT2D eigenvalue weighted by atomic mass is 16.5. The molecule has 1 unspecified atom stereocenters. The van der Waals surface area contributed by atoms with E-state index in [1.54, 1.807) is 0 Å². The lowest BCUT2D eigenvalue weighted by atomic mass is 10.0. The number of para-hydroxylation sites is 1. The third-order valence-corrected chi connectivity index (χ3v) is 5.53. The highest BCUT2D eigenvalue weighted by Crippen LogP contribution is 2.23. The lowest BCUT2D eigenvalue weighted by molar-refractivity contribution is -0.120. The zero-order valence-corrected chi connectivity index (χ0v) is 16.3. The molecule has 5 nitrogen and oxygen atoms in total. The van der Waals surface area contributed by atoms with Crippen molar-refractivity contribution in [2.75, 3.05) is 32.8 Å². The minimum atomic E-state index is 0.0574. The molecule has 2 heterocycles. The Hall–Kier alpha value is -2.63. The molecule has 0 bridgehead atoms. The first-order valence-corrected chi connectivity index (χ1v) is 9.92. The number of nitrogens with one attached hydrogen (secondary N) is 2. The summed E-state index contributed by atoms with van der Waals surface area (Å²) in [6.07, 6.45) is 0.389. The van der Waals surface area contributed by atoms with E-state index in [0.717, 1.165) is 48.5 Å². The Kier molecular flexibility index (Phi) is 5.74. The van der Waals surface area contributed by atoms with Gasteiger partial charge in [-0.25, -0.2) is 0 Å². The fraction of sp³-hybridized carbons (Fsp3) is 0.348.